The molecule has 1 aliphatic carbocycles. The van der Waals surface area contributed by atoms with Crippen LogP contribution in [-0.4, -0.2) is 18.9 Å². The van der Waals surface area contributed by atoms with Crippen molar-refractivity contribution in [3.05, 3.63) is 157 Å². The number of para-hydroxylation sites is 3. The summed E-state index contributed by atoms with van der Waals surface area (Å²) in [6.07, 6.45) is 0. The zero-order chi connectivity index (χ0) is 34.7. The molecule has 0 spiro atoms. The normalized spacial score (nSPS) is 14.0. The molecule has 8 aromatic carbocycles. The molecule has 0 radical (unpaired) electrons. The highest BCUT2D eigenvalue weighted by Gasteiger charge is 2.36. The van der Waals surface area contributed by atoms with Crippen LogP contribution >= 0.6 is 0 Å². The summed E-state index contributed by atoms with van der Waals surface area (Å²) in [5.74, 6) is 0.847. The largest absolute Gasteiger partial charge is 0.308 e. The van der Waals surface area contributed by atoms with Gasteiger partial charge in [0.25, 0.3) is 0 Å². The Hall–Kier alpha value is -6.78. The van der Waals surface area contributed by atoms with Gasteiger partial charge in [-0.2, -0.15) is 0 Å². The highest BCUT2D eigenvalue weighted by molar-refractivity contribution is 6.37. The molecule has 4 aromatic heterocycles. The van der Waals surface area contributed by atoms with E-state index in [0.717, 1.165) is 39.1 Å². The molecule has 0 saturated carbocycles. The first-order valence-corrected chi connectivity index (χ1v) is 18.4. The number of nitrogens with zero attached hydrogens (tertiary/aromatic N) is 4. The van der Waals surface area contributed by atoms with Crippen molar-refractivity contribution in [1.82, 2.24) is 18.9 Å². The number of hydrogen-bond donors (Lipinski definition) is 0. The number of benzene rings is 8. The van der Waals surface area contributed by atoms with Crippen LogP contribution in [-0.2, 0) is 5.41 Å². The fourth-order valence-corrected chi connectivity index (χ4v) is 10.1. The van der Waals surface area contributed by atoms with Gasteiger partial charge in [0.05, 0.1) is 38.6 Å². The summed E-state index contributed by atoms with van der Waals surface area (Å²) in [6.45, 7) is 4.68. The van der Waals surface area contributed by atoms with E-state index in [-0.39, 0.29) is 5.41 Å². The first kappa shape index (κ1) is 27.9. The fourth-order valence-electron chi connectivity index (χ4n) is 10.1. The minimum atomic E-state index is -0.132. The average Bonchev–Trinajstić information content (AvgIpc) is 3.76. The average molecular weight is 675 g/mol. The summed E-state index contributed by atoms with van der Waals surface area (Å²) in [5.41, 5.74) is 14.9. The molecule has 246 valence electrons. The van der Waals surface area contributed by atoms with E-state index in [2.05, 4.69) is 168 Å². The van der Waals surface area contributed by atoms with Crippen LogP contribution < -0.4 is 0 Å². The van der Waals surface area contributed by atoms with E-state index >= 15 is 0 Å². The van der Waals surface area contributed by atoms with Crippen molar-refractivity contribution in [3.8, 4) is 28.2 Å². The van der Waals surface area contributed by atoms with Crippen molar-refractivity contribution in [2.45, 2.75) is 19.3 Å². The maximum Gasteiger partial charge on any atom is 0.165 e. The predicted molar refractivity (Wildman–Crippen MR) is 220 cm³/mol. The highest BCUT2D eigenvalue weighted by Crippen LogP contribution is 2.51. The molecular formula is C49H30N4. The van der Waals surface area contributed by atoms with Crippen molar-refractivity contribution >= 4 is 81.7 Å². The van der Waals surface area contributed by atoms with Gasteiger partial charge in [0.1, 0.15) is 5.69 Å². The molecule has 4 nitrogen and oxygen atoms in total. The molecule has 0 bridgehead atoms. The molecule has 0 N–H and O–H groups in total. The van der Waals surface area contributed by atoms with E-state index in [1.54, 1.807) is 0 Å². The van der Waals surface area contributed by atoms with Gasteiger partial charge < -0.3 is 4.40 Å². The van der Waals surface area contributed by atoms with Gasteiger partial charge in [-0.15, -0.1) is 0 Å². The number of aromatic nitrogens is 4. The quantitative estimate of drug-likeness (QED) is 0.171. The van der Waals surface area contributed by atoms with Crippen molar-refractivity contribution in [2.24, 2.45) is 0 Å². The summed E-state index contributed by atoms with van der Waals surface area (Å²) in [5, 5.41) is 10.1. The van der Waals surface area contributed by atoms with Gasteiger partial charge in [-0.1, -0.05) is 117 Å². The van der Waals surface area contributed by atoms with Crippen LogP contribution in [0.3, 0.4) is 0 Å². The standard InChI is InChI=1S/C49H30N4/c1-49(2)34-13-5-3-11-30(34)31-22-20-29(26-35(31)49)46-48(51-37-15-7-6-14-36(37)50-46)53-40-24-21-28-19-18-27-10-9-17-39-42(27)43(28)44(40)45-41(53)25-23-33-32-12-4-8-16-38(32)52(39)47(33)45/h3-26H,1-2H3. The topological polar surface area (TPSA) is 35.1 Å². The van der Waals surface area contributed by atoms with E-state index in [4.69, 9.17) is 9.97 Å². The molecule has 0 atom stereocenters. The molecule has 53 heavy (non-hydrogen) atoms. The maximum absolute atomic E-state index is 5.53. The summed E-state index contributed by atoms with van der Waals surface area (Å²) >= 11 is 0. The molecule has 0 unspecified atom stereocenters. The Balaban J connectivity index is 1.22. The molecule has 4 heteroatoms. The summed E-state index contributed by atoms with van der Waals surface area (Å²) < 4.78 is 4.92. The van der Waals surface area contributed by atoms with Gasteiger partial charge in [-0.25, -0.2) is 9.97 Å². The van der Waals surface area contributed by atoms with Crippen LogP contribution in [0.4, 0.5) is 0 Å². The summed E-state index contributed by atoms with van der Waals surface area (Å²) in [4.78, 5) is 11.0. The van der Waals surface area contributed by atoms with Crippen LogP contribution in [0.2, 0.25) is 0 Å². The van der Waals surface area contributed by atoms with Gasteiger partial charge in [0.15, 0.2) is 5.82 Å². The fraction of sp³-hybridized carbons (Fsp3) is 0.0612. The Kier molecular flexibility index (Phi) is 4.92. The first-order chi connectivity index (χ1) is 26.1. The van der Waals surface area contributed by atoms with E-state index < -0.39 is 0 Å². The van der Waals surface area contributed by atoms with Gasteiger partial charge in [0, 0.05) is 43.3 Å². The molecule has 0 amide bonds. The van der Waals surface area contributed by atoms with Crippen LogP contribution in [0.1, 0.15) is 25.0 Å². The van der Waals surface area contributed by atoms with Crippen LogP contribution in [0, 0.1) is 0 Å². The molecule has 12 aromatic rings. The second-order valence-corrected chi connectivity index (χ2v) is 15.4. The maximum atomic E-state index is 5.53. The van der Waals surface area contributed by atoms with E-state index in [1.807, 2.05) is 0 Å². The summed E-state index contributed by atoms with van der Waals surface area (Å²) in [6, 6.07) is 53.4. The van der Waals surface area contributed by atoms with Crippen LogP contribution in [0.15, 0.2) is 146 Å². The van der Waals surface area contributed by atoms with Crippen molar-refractivity contribution in [2.75, 3.05) is 0 Å². The second kappa shape index (κ2) is 9.36. The Bertz CT molecular complexity index is 3540. The lowest BCUT2D eigenvalue weighted by atomic mass is 9.82. The third-order valence-corrected chi connectivity index (χ3v) is 12.4. The van der Waals surface area contributed by atoms with E-state index in [1.165, 1.54) is 81.9 Å². The summed E-state index contributed by atoms with van der Waals surface area (Å²) in [7, 11) is 0. The number of fused-ring (bicyclic) bond motifs is 8. The Morgan fingerprint density at radius 1 is 0.472 bits per heavy atom. The Morgan fingerprint density at radius 3 is 2.08 bits per heavy atom. The second-order valence-electron chi connectivity index (χ2n) is 15.4. The molecule has 13 rings (SSSR count). The van der Waals surface area contributed by atoms with E-state index in [9.17, 15) is 0 Å². The minimum Gasteiger partial charge on any atom is -0.308 e. The van der Waals surface area contributed by atoms with Gasteiger partial charge in [0.2, 0.25) is 0 Å². The molecular weight excluding hydrogens is 645 g/mol. The lowest BCUT2D eigenvalue weighted by Crippen LogP contribution is -2.15. The smallest absolute Gasteiger partial charge is 0.165 e. The highest BCUT2D eigenvalue weighted by atomic mass is 15.1. The van der Waals surface area contributed by atoms with Gasteiger partial charge in [-0.3, -0.25) is 4.57 Å². The lowest BCUT2D eigenvalue weighted by Gasteiger charge is -2.22. The zero-order valence-corrected chi connectivity index (χ0v) is 29.1. The Morgan fingerprint density at radius 2 is 1.17 bits per heavy atom. The third kappa shape index (κ3) is 3.29. The monoisotopic (exact) mass is 674 g/mol. The molecule has 0 aliphatic heterocycles. The zero-order valence-electron chi connectivity index (χ0n) is 29.1. The first-order valence-electron chi connectivity index (χ1n) is 18.4. The van der Waals surface area contributed by atoms with Crippen molar-refractivity contribution < 1.29 is 0 Å². The number of rotatable bonds is 2. The SMILES string of the molecule is CC1(C)c2ccccc2-c2ccc(-c3nc4ccccc4nc3-n3c4ccc5ccc6cccc7c6c5c4c4c3ccc3c5ccccc5n7c34)cc21. The van der Waals surface area contributed by atoms with Crippen LogP contribution in [0.5, 0.6) is 0 Å². The molecule has 0 saturated heterocycles. The van der Waals surface area contributed by atoms with Crippen LogP contribution in [0.25, 0.3) is 110 Å². The predicted octanol–water partition coefficient (Wildman–Crippen LogP) is 12.4. The van der Waals surface area contributed by atoms with Crippen molar-refractivity contribution in [1.29, 1.82) is 0 Å². The third-order valence-electron chi connectivity index (χ3n) is 12.4. The van der Waals surface area contributed by atoms with Gasteiger partial charge in [-0.05, 0) is 75.5 Å². The minimum absolute atomic E-state index is 0.132. The van der Waals surface area contributed by atoms with Crippen molar-refractivity contribution in [3.63, 3.8) is 0 Å². The van der Waals surface area contributed by atoms with E-state index in [0.29, 0.717) is 0 Å². The molecule has 1 aliphatic rings. The Labute approximate surface area is 303 Å². The lowest BCUT2D eigenvalue weighted by molar-refractivity contribution is 0.660. The molecule has 0 fully saturated rings. The van der Waals surface area contributed by atoms with Gasteiger partial charge >= 0.3 is 0 Å². The number of hydrogen-bond acceptors (Lipinski definition) is 2. The molecule has 4 heterocycles.